The molecule has 2 bridgehead atoms. The first kappa shape index (κ1) is 24.5. The second kappa shape index (κ2) is 6.77. The molecule has 190 valence electrons. The number of hydrogen-bond acceptors (Lipinski definition) is 6. The fraction of sp³-hybridized carbons (Fsp3) is 0.852. The van der Waals surface area contributed by atoms with Crippen LogP contribution < -0.4 is 0 Å². The van der Waals surface area contributed by atoms with Gasteiger partial charge in [0.15, 0.2) is 25.8 Å². The van der Waals surface area contributed by atoms with Gasteiger partial charge >= 0.3 is 6.16 Å². The van der Waals surface area contributed by atoms with Crippen molar-refractivity contribution >= 4 is 20.3 Å². The summed E-state index contributed by atoms with van der Waals surface area (Å²) in [5.74, 6) is -0.0443. The second-order valence-corrected chi connectivity index (χ2v) is 18.8. The molecule has 1 heterocycles. The summed E-state index contributed by atoms with van der Waals surface area (Å²) in [5, 5.41) is 11.5. The van der Waals surface area contributed by atoms with Crippen molar-refractivity contribution in [2.45, 2.75) is 104 Å². The Morgan fingerprint density at radius 1 is 1.18 bits per heavy atom. The lowest BCUT2D eigenvalue weighted by molar-refractivity contribution is -0.163. The molecule has 2 spiro atoms. The maximum Gasteiger partial charge on any atom is 0.509 e. The van der Waals surface area contributed by atoms with Gasteiger partial charge in [-0.05, 0) is 60.2 Å². The van der Waals surface area contributed by atoms with E-state index in [1.165, 1.54) is 0 Å². The smallest absolute Gasteiger partial charge is 0.426 e. The van der Waals surface area contributed by atoms with Gasteiger partial charge in [-0.2, -0.15) is 0 Å². The quantitative estimate of drug-likeness (QED) is 0.329. The number of carbonyl (C=O) groups is 2. The van der Waals surface area contributed by atoms with Crippen LogP contribution in [-0.2, 0) is 18.7 Å². The lowest BCUT2D eigenvalue weighted by Gasteiger charge is -2.46. The fourth-order valence-electron chi connectivity index (χ4n) is 8.10. The molecule has 0 aromatic carbocycles. The van der Waals surface area contributed by atoms with Gasteiger partial charge in [0.2, 0.25) is 0 Å². The van der Waals surface area contributed by atoms with Gasteiger partial charge in [0.05, 0.1) is 11.5 Å². The molecule has 4 aliphatic carbocycles. The molecule has 1 N–H and O–H groups in total. The number of carbonyl (C=O) groups excluding carboxylic acids is 2. The molecule has 0 amide bonds. The predicted molar refractivity (Wildman–Crippen MR) is 131 cm³/mol. The Morgan fingerprint density at radius 3 is 2.38 bits per heavy atom. The van der Waals surface area contributed by atoms with Crippen LogP contribution in [0.1, 0.15) is 61.8 Å². The van der Waals surface area contributed by atoms with Crippen molar-refractivity contribution in [3.63, 3.8) is 0 Å². The topological polar surface area (TPSA) is 82.1 Å². The van der Waals surface area contributed by atoms with Crippen LogP contribution >= 0.6 is 0 Å². The minimum Gasteiger partial charge on any atom is -0.426 e. The number of hydrogen-bond donors (Lipinski definition) is 1. The fourth-order valence-corrected chi connectivity index (χ4v) is 9.49. The van der Waals surface area contributed by atoms with Crippen molar-refractivity contribution in [1.29, 1.82) is 0 Å². The highest BCUT2D eigenvalue weighted by Crippen LogP contribution is 2.74. The first-order chi connectivity index (χ1) is 15.4. The van der Waals surface area contributed by atoms with E-state index in [-0.39, 0.29) is 39.9 Å². The monoisotopic (exact) mass is 490 g/mol. The van der Waals surface area contributed by atoms with Crippen LogP contribution in [0, 0.1) is 40.4 Å². The van der Waals surface area contributed by atoms with Crippen molar-refractivity contribution in [3.05, 3.63) is 11.6 Å². The number of aliphatic hydroxyl groups excluding tert-OH is 1. The van der Waals surface area contributed by atoms with E-state index < -0.39 is 43.8 Å². The van der Waals surface area contributed by atoms with Gasteiger partial charge < -0.3 is 19.0 Å². The molecule has 4 fully saturated rings. The summed E-state index contributed by atoms with van der Waals surface area (Å²) in [6.07, 6.45) is -0.235. The summed E-state index contributed by atoms with van der Waals surface area (Å²) < 4.78 is 19.0. The van der Waals surface area contributed by atoms with Crippen molar-refractivity contribution in [1.82, 2.24) is 0 Å². The van der Waals surface area contributed by atoms with Crippen LogP contribution in [0.2, 0.25) is 18.1 Å². The molecule has 5 rings (SSSR count). The van der Waals surface area contributed by atoms with Crippen LogP contribution in [0.3, 0.4) is 0 Å². The molecule has 3 saturated carbocycles. The highest BCUT2D eigenvalue weighted by Gasteiger charge is 2.82. The third-order valence-corrected chi connectivity index (χ3v) is 15.5. The van der Waals surface area contributed by atoms with Gasteiger partial charge in [-0.3, -0.25) is 4.79 Å². The third-order valence-electron chi connectivity index (χ3n) is 11.0. The van der Waals surface area contributed by atoms with E-state index in [1.54, 1.807) is 0 Å². The number of fused-ring (bicyclic) bond motifs is 3. The van der Waals surface area contributed by atoms with Crippen LogP contribution in [0.15, 0.2) is 11.6 Å². The molecule has 5 aliphatic rings. The van der Waals surface area contributed by atoms with Crippen molar-refractivity contribution in [2.24, 2.45) is 40.4 Å². The SMILES string of the molecule is CC1=CC23C(=O)[C@@H]([C@H](O[Si](C)(C)C(C)(C)C)[C@H](C)C4OC(=O)OC42[C@H]1O)[C@H]1[C@@H](C[C@H]3C)C1(C)C. The first-order valence-electron chi connectivity index (χ1n) is 12.9. The minimum absolute atomic E-state index is 0.0390. The minimum atomic E-state index is -2.28. The molecular weight excluding hydrogens is 448 g/mol. The number of aliphatic hydroxyl groups is 1. The van der Waals surface area contributed by atoms with Gasteiger partial charge in [0.25, 0.3) is 0 Å². The average Bonchev–Trinajstić information content (AvgIpc) is 3.00. The highest BCUT2D eigenvalue weighted by molar-refractivity contribution is 6.74. The second-order valence-electron chi connectivity index (χ2n) is 14.0. The Morgan fingerprint density at radius 2 is 1.79 bits per heavy atom. The number of Topliss-reactive ketones (excluding diaryl/α,β-unsaturated/α-hetero) is 1. The summed E-state index contributed by atoms with van der Waals surface area (Å²) in [7, 11) is -2.28. The average molecular weight is 491 g/mol. The number of rotatable bonds is 2. The molecule has 10 atom stereocenters. The zero-order valence-electron chi connectivity index (χ0n) is 22.4. The molecule has 34 heavy (non-hydrogen) atoms. The van der Waals surface area contributed by atoms with Crippen molar-refractivity contribution in [2.75, 3.05) is 0 Å². The first-order valence-corrected chi connectivity index (χ1v) is 15.8. The van der Waals surface area contributed by atoms with Crippen LogP contribution in [-0.4, -0.2) is 49.3 Å². The summed E-state index contributed by atoms with van der Waals surface area (Å²) in [4.78, 5) is 27.7. The lowest BCUT2D eigenvalue weighted by atomic mass is 9.59. The predicted octanol–water partition coefficient (Wildman–Crippen LogP) is 5.11. The molecule has 3 unspecified atom stereocenters. The zero-order chi connectivity index (χ0) is 25.4. The summed E-state index contributed by atoms with van der Waals surface area (Å²) in [5.41, 5.74) is -1.81. The normalized spacial score (nSPS) is 49.1. The third kappa shape index (κ3) is 2.64. The molecule has 1 aliphatic heterocycles. The van der Waals surface area contributed by atoms with E-state index in [2.05, 4.69) is 54.6 Å². The van der Waals surface area contributed by atoms with Gasteiger partial charge in [-0.15, -0.1) is 0 Å². The van der Waals surface area contributed by atoms with Crippen molar-refractivity contribution in [3.8, 4) is 0 Å². The van der Waals surface area contributed by atoms with Gasteiger partial charge in [-0.1, -0.05) is 54.5 Å². The standard InChI is InChI=1S/C27H42O6Si/c1-13-12-26-14(2)11-16-18(25(16,7)8)17(21(26)29)19(33-34(9,10)24(4,5)6)15(3)22-27(26,20(13)28)32-23(30)31-22/h12,14-20,22,28H,11H2,1-10H3/t14-,15+,16-,17-,18-,19-,20+,22?,26?,27?/m1/s1. The Balaban J connectivity index is 1.76. The van der Waals surface area contributed by atoms with E-state index in [0.717, 1.165) is 6.42 Å². The van der Waals surface area contributed by atoms with E-state index >= 15 is 0 Å². The maximum atomic E-state index is 14.9. The van der Waals surface area contributed by atoms with Crippen LogP contribution in [0.4, 0.5) is 4.79 Å². The summed E-state index contributed by atoms with van der Waals surface area (Å²) in [6, 6.07) is 0. The lowest BCUT2D eigenvalue weighted by Crippen LogP contribution is -2.64. The number of ketones is 1. The highest BCUT2D eigenvalue weighted by atomic mass is 28.4. The molecular formula is C27H42O6Si. The molecule has 6 nitrogen and oxygen atoms in total. The van der Waals surface area contributed by atoms with E-state index in [4.69, 9.17) is 13.9 Å². The van der Waals surface area contributed by atoms with Crippen LogP contribution in [0.25, 0.3) is 0 Å². The van der Waals surface area contributed by atoms with Crippen LogP contribution in [0.5, 0.6) is 0 Å². The van der Waals surface area contributed by atoms with Gasteiger partial charge in [0, 0.05) is 11.8 Å². The Bertz CT molecular complexity index is 978. The molecule has 1 saturated heterocycles. The molecule has 0 aromatic heterocycles. The van der Waals surface area contributed by atoms with Gasteiger partial charge in [0.1, 0.15) is 6.10 Å². The zero-order valence-corrected chi connectivity index (χ0v) is 23.4. The summed E-state index contributed by atoms with van der Waals surface area (Å²) >= 11 is 0. The van der Waals surface area contributed by atoms with Crippen molar-refractivity contribution < 1.29 is 28.6 Å². The van der Waals surface area contributed by atoms with E-state index in [9.17, 15) is 14.7 Å². The largest absolute Gasteiger partial charge is 0.509 e. The van der Waals surface area contributed by atoms with E-state index in [0.29, 0.717) is 11.5 Å². The maximum absolute atomic E-state index is 14.9. The Kier molecular flexibility index (Phi) is 4.88. The Hall–Kier alpha value is -1.18. The Labute approximate surface area is 204 Å². The number of ether oxygens (including phenoxy) is 2. The van der Waals surface area contributed by atoms with E-state index in [1.807, 2.05) is 19.9 Å². The summed E-state index contributed by atoms with van der Waals surface area (Å²) in [6.45, 7) is 21.5. The molecule has 7 heteroatoms. The van der Waals surface area contributed by atoms with Gasteiger partial charge in [-0.25, -0.2) is 4.79 Å². The molecule has 0 aromatic rings. The molecule has 0 radical (unpaired) electrons.